The number of hydrogen-bond acceptors (Lipinski definition) is 5. The van der Waals surface area contributed by atoms with Crippen molar-refractivity contribution in [1.82, 2.24) is 25.6 Å². The van der Waals surface area contributed by atoms with Crippen LogP contribution >= 0.6 is 0 Å². The molecule has 2 saturated carbocycles. The van der Waals surface area contributed by atoms with Gasteiger partial charge in [-0.2, -0.15) is 0 Å². The van der Waals surface area contributed by atoms with E-state index in [2.05, 4.69) is 44.6 Å². The van der Waals surface area contributed by atoms with Crippen molar-refractivity contribution in [2.24, 2.45) is 5.92 Å². The highest BCUT2D eigenvalue weighted by atomic mass is 16.5. The fraction of sp³-hybridized carbons (Fsp3) is 0.481. The lowest BCUT2D eigenvalue weighted by Gasteiger charge is -2.28. The van der Waals surface area contributed by atoms with Crippen LogP contribution in [-0.2, 0) is 6.42 Å². The molecule has 0 aliphatic heterocycles. The number of benzene rings is 1. The highest BCUT2D eigenvalue weighted by Crippen LogP contribution is 2.37. The van der Waals surface area contributed by atoms with Gasteiger partial charge in [0.05, 0.1) is 17.7 Å². The van der Waals surface area contributed by atoms with E-state index in [4.69, 9.17) is 9.84 Å². The molecule has 1 aromatic carbocycles. The van der Waals surface area contributed by atoms with Gasteiger partial charge in [0.25, 0.3) is 5.91 Å². The number of carbonyl (C=O) groups is 2. The predicted molar refractivity (Wildman–Crippen MR) is 136 cm³/mol. The Labute approximate surface area is 210 Å². The summed E-state index contributed by atoms with van der Waals surface area (Å²) in [6.45, 7) is 4.70. The first-order valence-corrected chi connectivity index (χ1v) is 12.8. The van der Waals surface area contributed by atoms with Crippen molar-refractivity contribution in [2.75, 3.05) is 6.61 Å². The van der Waals surface area contributed by atoms with Crippen molar-refractivity contribution in [3.05, 3.63) is 41.3 Å². The number of ether oxygens (including phenoxy) is 1. The number of hydrogen-bond donors (Lipinski definition) is 4. The maximum absolute atomic E-state index is 13.3. The predicted octanol–water partition coefficient (Wildman–Crippen LogP) is 4.59. The summed E-state index contributed by atoms with van der Waals surface area (Å²) in [5.74, 6) is 1.25. The molecule has 2 aromatic heterocycles. The van der Waals surface area contributed by atoms with Gasteiger partial charge in [0, 0.05) is 23.3 Å². The standard InChI is InChI=1S/C27H33N5O4/c1-3-16-6-11-21(36-13-17-4-5-17)20(12-16)23-25-24(29-14-28-23)22(15(2)30-25)26(33)31-18-7-9-19(10-8-18)32-27(34)35/h6,11-12,14,17-19,30,32H,3-5,7-10,13H2,1-2H3,(H,31,33)(H,34,35). The molecule has 0 saturated heterocycles. The number of rotatable bonds is 8. The average molecular weight is 492 g/mol. The van der Waals surface area contributed by atoms with E-state index in [0.29, 0.717) is 36.4 Å². The zero-order valence-electron chi connectivity index (χ0n) is 20.8. The molecule has 190 valence electrons. The molecule has 4 N–H and O–H groups in total. The monoisotopic (exact) mass is 491 g/mol. The van der Waals surface area contributed by atoms with Crippen LogP contribution < -0.4 is 15.4 Å². The van der Waals surface area contributed by atoms with Gasteiger partial charge in [-0.05, 0) is 75.5 Å². The number of aromatic nitrogens is 3. The Bertz CT molecular complexity index is 1270. The third-order valence-electron chi connectivity index (χ3n) is 7.27. The molecule has 2 aliphatic carbocycles. The minimum Gasteiger partial charge on any atom is -0.493 e. The van der Waals surface area contributed by atoms with Gasteiger partial charge >= 0.3 is 6.09 Å². The Morgan fingerprint density at radius 1 is 1.08 bits per heavy atom. The van der Waals surface area contributed by atoms with Crippen LogP contribution in [-0.4, -0.2) is 50.7 Å². The SMILES string of the molecule is CCc1ccc(OCC2CC2)c(-c2ncnc3c(C(=O)NC4CCC(NC(=O)O)CC4)c(C)[nH]c23)c1. The smallest absolute Gasteiger partial charge is 0.404 e. The van der Waals surface area contributed by atoms with Crippen LogP contribution in [0.25, 0.3) is 22.3 Å². The molecule has 0 spiro atoms. The molecule has 2 aliphatic rings. The number of nitrogens with zero attached hydrogens (tertiary/aromatic N) is 2. The molecule has 9 heteroatoms. The third-order valence-corrected chi connectivity index (χ3v) is 7.27. The van der Waals surface area contributed by atoms with E-state index in [1.165, 1.54) is 24.7 Å². The van der Waals surface area contributed by atoms with Crippen LogP contribution in [0.3, 0.4) is 0 Å². The van der Waals surface area contributed by atoms with Crippen LogP contribution in [0.15, 0.2) is 24.5 Å². The summed E-state index contributed by atoms with van der Waals surface area (Å²) in [6, 6.07) is 6.16. The number of amides is 2. The van der Waals surface area contributed by atoms with Crippen molar-refractivity contribution in [3.63, 3.8) is 0 Å². The van der Waals surface area contributed by atoms with Crippen LogP contribution in [0.2, 0.25) is 0 Å². The molecular formula is C27H33N5O4. The van der Waals surface area contributed by atoms with Crippen molar-refractivity contribution in [3.8, 4) is 17.0 Å². The van der Waals surface area contributed by atoms with Crippen LogP contribution in [0.1, 0.15) is 67.1 Å². The average Bonchev–Trinajstić information content (AvgIpc) is 3.63. The van der Waals surface area contributed by atoms with Gasteiger partial charge in [-0.25, -0.2) is 14.8 Å². The Morgan fingerprint density at radius 2 is 1.81 bits per heavy atom. The van der Waals surface area contributed by atoms with Gasteiger partial charge in [-0.3, -0.25) is 4.79 Å². The van der Waals surface area contributed by atoms with Gasteiger partial charge < -0.3 is 25.5 Å². The summed E-state index contributed by atoms with van der Waals surface area (Å²) in [5, 5.41) is 14.6. The highest BCUT2D eigenvalue weighted by Gasteiger charge is 2.27. The van der Waals surface area contributed by atoms with Crippen molar-refractivity contribution >= 4 is 23.0 Å². The molecule has 0 radical (unpaired) electrons. The van der Waals surface area contributed by atoms with Gasteiger partial charge in [0.15, 0.2) is 0 Å². The van der Waals surface area contributed by atoms with E-state index in [1.807, 2.05) is 13.0 Å². The number of nitrogens with one attached hydrogen (secondary N) is 3. The van der Waals surface area contributed by atoms with E-state index >= 15 is 0 Å². The van der Waals surface area contributed by atoms with Gasteiger partial charge in [-0.1, -0.05) is 13.0 Å². The van der Waals surface area contributed by atoms with E-state index in [0.717, 1.165) is 47.5 Å². The quantitative estimate of drug-likeness (QED) is 0.365. The lowest BCUT2D eigenvalue weighted by Crippen LogP contribution is -2.43. The molecule has 2 amide bonds. The van der Waals surface area contributed by atoms with Crippen LogP contribution in [0.4, 0.5) is 4.79 Å². The van der Waals surface area contributed by atoms with Gasteiger partial charge in [0.2, 0.25) is 0 Å². The Hall–Kier alpha value is -3.62. The molecular weight excluding hydrogens is 458 g/mol. The molecule has 0 unspecified atom stereocenters. The largest absolute Gasteiger partial charge is 0.493 e. The number of H-pyrrole nitrogens is 1. The Morgan fingerprint density at radius 3 is 2.47 bits per heavy atom. The lowest BCUT2D eigenvalue weighted by molar-refractivity contribution is 0.0924. The summed E-state index contributed by atoms with van der Waals surface area (Å²) in [7, 11) is 0. The van der Waals surface area contributed by atoms with Crippen molar-refractivity contribution < 1.29 is 19.4 Å². The summed E-state index contributed by atoms with van der Waals surface area (Å²) in [4.78, 5) is 36.7. The number of carboxylic acid groups (broad SMARTS) is 1. The Balaban J connectivity index is 1.41. The van der Waals surface area contributed by atoms with Gasteiger partial charge in [-0.15, -0.1) is 0 Å². The maximum atomic E-state index is 13.3. The zero-order chi connectivity index (χ0) is 25.2. The lowest BCUT2D eigenvalue weighted by atomic mass is 9.91. The second kappa shape index (κ2) is 10.2. The molecule has 5 rings (SSSR count). The molecule has 0 atom stereocenters. The van der Waals surface area contributed by atoms with E-state index in [9.17, 15) is 9.59 Å². The highest BCUT2D eigenvalue weighted by molar-refractivity contribution is 6.09. The molecule has 9 nitrogen and oxygen atoms in total. The first-order valence-electron chi connectivity index (χ1n) is 12.8. The van der Waals surface area contributed by atoms with E-state index in [-0.39, 0.29) is 18.0 Å². The summed E-state index contributed by atoms with van der Waals surface area (Å²) in [6.07, 6.45) is 6.69. The second-order valence-electron chi connectivity index (χ2n) is 9.98. The molecule has 2 fully saturated rings. The van der Waals surface area contributed by atoms with E-state index in [1.54, 1.807) is 0 Å². The topological polar surface area (TPSA) is 129 Å². The summed E-state index contributed by atoms with van der Waals surface area (Å²) in [5.41, 5.74) is 5.38. The van der Waals surface area contributed by atoms with E-state index < -0.39 is 6.09 Å². The fourth-order valence-electron chi connectivity index (χ4n) is 5.02. The zero-order valence-corrected chi connectivity index (χ0v) is 20.8. The number of fused-ring (bicyclic) bond motifs is 1. The van der Waals surface area contributed by atoms with Crippen molar-refractivity contribution in [1.29, 1.82) is 0 Å². The maximum Gasteiger partial charge on any atom is 0.404 e. The molecule has 3 aromatic rings. The number of carbonyl (C=O) groups excluding carboxylic acids is 1. The summed E-state index contributed by atoms with van der Waals surface area (Å²) < 4.78 is 6.19. The Kier molecular flexibility index (Phi) is 6.80. The second-order valence-corrected chi connectivity index (χ2v) is 9.98. The summed E-state index contributed by atoms with van der Waals surface area (Å²) >= 11 is 0. The molecule has 36 heavy (non-hydrogen) atoms. The number of aryl methyl sites for hydroxylation is 2. The fourth-order valence-corrected chi connectivity index (χ4v) is 5.02. The first kappa shape index (κ1) is 24.1. The first-order chi connectivity index (χ1) is 17.4. The number of aromatic amines is 1. The molecule has 0 bridgehead atoms. The minimum atomic E-state index is -1.00. The third kappa shape index (κ3) is 5.15. The van der Waals surface area contributed by atoms with Gasteiger partial charge in [0.1, 0.15) is 23.3 Å². The van der Waals surface area contributed by atoms with Crippen LogP contribution in [0, 0.1) is 12.8 Å². The van der Waals surface area contributed by atoms with Crippen molar-refractivity contribution in [2.45, 2.75) is 70.9 Å². The minimum absolute atomic E-state index is 0.00124. The normalized spacial score (nSPS) is 19.7. The van der Waals surface area contributed by atoms with Crippen LogP contribution in [0.5, 0.6) is 5.75 Å². The molecule has 2 heterocycles.